The van der Waals surface area contributed by atoms with E-state index in [1.807, 2.05) is 97.1 Å². The number of hydrogen-bond acceptors (Lipinski definition) is 20. The van der Waals surface area contributed by atoms with Crippen LogP contribution in [0, 0.1) is 11.8 Å². The van der Waals surface area contributed by atoms with Gasteiger partial charge in [-0.2, -0.15) is 0 Å². The molecule has 0 bridgehead atoms. The van der Waals surface area contributed by atoms with E-state index in [2.05, 4.69) is 128 Å². The summed E-state index contributed by atoms with van der Waals surface area (Å²) in [6.07, 6.45) is 22.0. The van der Waals surface area contributed by atoms with E-state index in [9.17, 15) is 49.5 Å². The molecule has 5 atom stereocenters. The number of H-pyrrole nitrogens is 5. The van der Waals surface area contributed by atoms with E-state index in [4.69, 9.17) is 0 Å². The van der Waals surface area contributed by atoms with Crippen LogP contribution in [0.2, 0.25) is 0 Å². The van der Waals surface area contributed by atoms with Gasteiger partial charge >= 0.3 is 0 Å². The van der Waals surface area contributed by atoms with Crippen molar-refractivity contribution in [1.82, 2.24) is 76.4 Å². The molecule has 5 aliphatic carbocycles. The van der Waals surface area contributed by atoms with Gasteiger partial charge in [-0.15, -0.1) is 0 Å². The number of nitrogens with one attached hydrogen (secondary N) is 10. The van der Waals surface area contributed by atoms with Gasteiger partial charge in [0.15, 0.2) is 0 Å². The van der Waals surface area contributed by atoms with Crippen LogP contribution in [0.15, 0.2) is 177 Å². The number of hydrogen-bond donors (Lipinski definition) is 15. The molecular formula is C76H93N15O10. The van der Waals surface area contributed by atoms with Crippen molar-refractivity contribution >= 4 is 27.9 Å². The molecule has 0 amide bonds. The molecule has 5 aliphatic rings. The van der Waals surface area contributed by atoms with E-state index in [-0.39, 0.29) is 91.0 Å². The minimum atomic E-state index is -0.127. The van der Waals surface area contributed by atoms with Gasteiger partial charge in [0, 0.05) is 84.7 Å². The molecule has 0 spiro atoms. The number of aromatic amines is 5. The van der Waals surface area contributed by atoms with Gasteiger partial charge in [-0.3, -0.25) is 24.0 Å². The van der Waals surface area contributed by atoms with Crippen LogP contribution in [-0.4, -0.2) is 165 Å². The first-order valence-corrected chi connectivity index (χ1v) is 34.2. The Morgan fingerprint density at radius 3 is 0.871 bits per heavy atom. The van der Waals surface area contributed by atoms with Crippen LogP contribution in [0.3, 0.4) is 0 Å². The Bertz CT molecular complexity index is 4250. The number of rotatable bonds is 27. The minimum Gasteiger partial charge on any atom is -0.395 e. The maximum atomic E-state index is 11.7. The Morgan fingerprint density at radius 1 is 0.347 bits per heavy atom. The highest BCUT2D eigenvalue weighted by molar-refractivity contribution is 5.74. The van der Waals surface area contributed by atoms with Crippen molar-refractivity contribution in [1.29, 1.82) is 0 Å². The molecule has 0 aliphatic heterocycles. The summed E-state index contributed by atoms with van der Waals surface area (Å²) in [5, 5.41) is 63.8. The second kappa shape index (κ2) is 38.2. The zero-order chi connectivity index (χ0) is 71.6. The molecule has 0 fully saturated rings. The summed E-state index contributed by atoms with van der Waals surface area (Å²) in [7, 11) is 0. The van der Waals surface area contributed by atoms with Crippen LogP contribution in [0.1, 0.15) is 107 Å². The van der Waals surface area contributed by atoms with Gasteiger partial charge in [0.1, 0.15) is 0 Å². The fourth-order valence-electron chi connectivity index (χ4n) is 12.3. The molecule has 0 radical (unpaired) electrons. The van der Waals surface area contributed by atoms with Crippen LogP contribution in [0.4, 0.5) is 0 Å². The van der Waals surface area contributed by atoms with Crippen LogP contribution in [0.5, 0.6) is 0 Å². The zero-order valence-electron chi connectivity index (χ0n) is 57.5. The Morgan fingerprint density at radius 2 is 0.614 bits per heavy atom. The van der Waals surface area contributed by atoms with Crippen molar-refractivity contribution in [3.8, 4) is 0 Å². The highest BCUT2D eigenvalue weighted by Crippen LogP contribution is 2.27. The molecular weight excluding hydrogens is 1280 g/mol. The number of nitrogens with zero attached hydrogens (tertiary/aromatic N) is 5. The Balaban J connectivity index is 0.000000147. The fourth-order valence-corrected chi connectivity index (χ4v) is 12.3. The maximum absolute atomic E-state index is 11.7. The first kappa shape index (κ1) is 75.6. The average molecular weight is 1380 g/mol. The standard InChI is InChI=1S/2C17H19N3O2.C16H17N3O2.2C13H19N3O2/c2*21-10-14(8-12-4-2-1-3-5-12)18-9-13-6-7-15-16(13)19-11-20-17(15)22;20-9-14(11-4-2-1-3-5-11)17-8-12-6-7-13-15(12)18-10-19-16(13)21;2*1-8(2)11(6-17)14-5-9-3-4-10-12(9)15-7-16-13(10)18/h2*1-6,11,14,18,21H,7-10H2,(H,19,20,22);1-6,10,14,17,20H,7-9H2,(H,18,19,21);2*3,7-8,11,14,17H,4-6H2,1-2H3,(H,15,16,18)/t3*14-;2*11-/m10110/s1. The predicted molar refractivity (Wildman–Crippen MR) is 392 cm³/mol. The van der Waals surface area contributed by atoms with Gasteiger partial charge in [0.25, 0.3) is 27.8 Å². The number of aliphatic hydroxyl groups excluding tert-OH is 5. The van der Waals surface area contributed by atoms with Crippen molar-refractivity contribution in [2.45, 2.75) is 103 Å². The summed E-state index contributed by atoms with van der Waals surface area (Å²) < 4.78 is 0. The topological polar surface area (TPSA) is 390 Å². The molecule has 101 heavy (non-hydrogen) atoms. The third-order valence-corrected chi connectivity index (χ3v) is 18.3. The van der Waals surface area contributed by atoms with E-state index in [1.54, 1.807) is 0 Å². The quantitative estimate of drug-likeness (QED) is 0.0350. The normalized spacial score (nSPS) is 14.9. The summed E-state index contributed by atoms with van der Waals surface area (Å²) in [4.78, 5) is 92.4. The van der Waals surface area contributed by atoms with Crippen molar-refractivity contribution in [3.63, 3.8) is 0 Å². The molecule has 5 aromatic heterocycles. The summed E-state index contributed by atoms with van der Waals surface area (Å²) in [6, 6.07) is 29.9. The molecule has 532 valence electrons. The largest absolute Gasteiger partial charge is 0.395 e. The third kappa shape index (κ3) is 20.8. The van der Waals surface area contributed by atoms with E-state index < -0.39 is 0 Å². The Hall–Kier alpha value is -9.64. The molecule has 13 rings (SSSR count). The maximum Gasteiger partial charge on any atom is 0.254 e. The van der Waals surface area contributed by atoms with Gasteiger partial charge in [-0.05, 0) is 101 Å². The van der Waals surface area contributed by atoms with Crippen LogP contribution in [0.25, 0.3) is 27.9 Å². The van der Waals surface area contributed by atoms with Crippen LogP contribution >= 0.6 is 0 Å². The Labute approximate surface area is 585 Å². The second-order valence-corrected chi connectivity index (χ2v) is 25.7. The monoisotopic (exact) mass is 1380 g/mol. The van der Waals surface area contributed by atoms with Crippen molar-refractivity contribution < 1.29 is 25.5 Å². The van der Waals surface area contributed by atoms with Gasteiger partial charge < -0.3 is 77.0 Å². The summed E-state index contributed by atoms with van der Waals surface area (Å²) in [5.41, 5.74) is 15.7. The van der Waals surface area contributed by atoms with Crippen molar-refractivity contribution in [2.75, 3.05) is 65.8 Å². The van der Waals surface area contributed by atoms with E-state index in [0.717, 1.165) is 103 Å². The summed E-state index contributed by atoms with van der Waals surface area (Å²) in [6.45, 7) is 11.7. The van der Waals surface area contributed by atoms with E-state index in [1.165, 1.54) is 42.8 Å². The number of allylic oxidation sites excluding steroid dienone is 5. The summed E-state index contributed by atoms with van der Waals surface area (Å²) >= 11 is 0. The zero-order valence-corrected chi connectivity index (χ0v) is 57.5. The highest BCUT2D eigenvalue weighted by atomic mass is 16.3. The lowest BCUT2D eigenvalue weighted by Gasteiger charge is -2.20. The average Bonchev–Trinajstić information content (AvgIpc) is 1.72. The molecule has 3 aromatic carbocycles. The molecule has 25 heteroatoms. The van der Waals surface area contributed by atoms with E-state index >= 15 is 0 Å². The van der Waals surface area contributed by atoms with Crippen LogP contribution in [-0.2, 0) is 44.9 Å². The predicted octanol–water partition coefficient (Wildman–Crippen LogP) is 3.47. The van der Waals surface area contributed by atoms with Gasteiger partial charge in [0.05, 0.1) is 99.2 Å². The highest BCUT2D eigenvalue weighted by Gasteiger charge is 2.25. The third-order valence-electron chi connectivity index (χ3n) is 18.3. The van der Waals surface area contributed by atoms with Gasteiger partial charge in [-0.25, -0.2) is 24.9 Å². The van der Waals surface area contributed by atoms with Crippen molar-refractivity contribution in [2.24, 2.45) is 11.8 Å². The van der Waals surface area contributed by atoms with Crippen LogP contribution < -0.4 is 54.4 Å². The molecule has 15 N–H and O–H groups in total. The second-order valence-electron chi connectivity index (χ2n) is 25.7. The first-order chi connectivity index (χ1) is 49.1. The summed E-state index contributed by atoms with van der Waals surface area (Å²) in [5.74, 6) is 0.729. The number of aromatic nitrogens is 10. The number of benzene rings is 3. The lowest BCUT2D eigenvalue weighted by molar-refractivity contribution is 0.215. The number of aliphatic hydroxyl groups is 5. The molecule has 8 aromatic rings. The molecule has 0 unspecified atom stereocenters. The SMILES string of the molecule is CC(C)[C@@H](CO)NCC1=CCc2c1nc[nH]c2=O.CC(C)[C@H](CO)NCC1=CCc2c1nc[nH]c2=O.O=c1[nH]cnc2c1CC=C2CN[C@@H](CO)Cc1ccccc1.O=c1[nH]cnc2c1CC=C2CN[C@H](CO)Cc1ccccc1.O=c1[nH]cnc2c1CC=C2CN[C@H](CO)c1ccccc1. The lowest BCUT2D eigenvalue weighted by Crippen LogP contribution is -2.37. The number of fused-ring (bicyclic) bond motifs is 5. The van der Waals surface area contributed by atoms with Gasteiger partial charge in [-0.1, -0.05) is 149 Å². The lowest BCUT2D eigenvalue weighted by atomic mass is 10.0. The van der Waals surface area contributed by atoms with Crippen molar-refractivity contribution in [3.05, 3.63) is 278 Å². The molecule has 0 saturated carbocycles. The first-order valence-electron chi connectivity index (χ1n) is 34.2. The molecule has 25 nitrogen and oxygen atoms in total. The Kier molecular flexibility index (Phi) is 28.6. The van der Waals surface area contributed by atoms with Gasteiger partial charge in [0.2, 0.25) is 0 Å². The smallest absolute Gasteiger partial charge is 0.254 e. The van der Waals surface area contributed by atoms with E-state index in [0.29, 0.717) is 76.7 Å². The molecule has 5 heterocycles. The molecule has 0 saturated heterocycles. The minimum absolute atomic E-state index is 0.0191. The fraction of sp³-hybridized carbons (Fsp3) is 0.368.